The van der Waals surface area contributed by atoms with Crippen LogP contribution in [0.4, 0.5) is 5.69 Å². The zero-order valence-corrected chi connectivity index (χ0v) is 14.2. The van der Waals surface area contributed by atoms with Crippen molar-refractivity contribution in [1.82, 2.24) is 10.3 Å². The van der Waals surface area contributed by atoms with Gasteiger partial charge in [-0.2, -0.15) is 0 Å². The Hall–Kier alpha value is -2.37. The summed E-state index contributed by atoms with van der Waals surface area (Å²) in [6.07, 6.45) is 2.41. The highest BCUT2D eigenvalue weighted by Gasteiger charge is 2.28. The van der Waals surface area contributed by atoms with Gasteiger partial charge < -0.3 is 10.3 Å². The minimum Gasteiger partial charge on any atom is -0.360 e. The highest BCUT2D eigenvalue weighted by molar-refractivity contribution is 6.07. The van der Waals surface area contributed by atoms with E-state index in [1.54, 1.807) is 12.3 Å². The molecule has 2 rings (SSSR count). The summed E-state index contributed by atoms with van der Waals surface area (Å²) in [7, 11) is 0. The van der Waals surface area contributed by atoms with E-state index in [0.29, 0.717) is 16.5 Å². The van der Waals surface area contributed by atoms with Crippen LogP contribution in [0.25, 0.3) is 10.9 Å². The fourth-order valence-corrected chi connectivity index (χ4v) is 3.15. The Morgan fingerprint density at radius 1 is 1.26 bits per heavy atom. The van der Waals surface area contributed by atoms with Gasteiger partial charge in [0.2, 0.25) is 0 Å². The van der Waals surface area contributed by atoms with Gasteiger partial charge >= 0.3 is 0 Å². The lowest BCUT2D eigenvalue weighted by Gasteiger charge is -2.33. The van der Waals surface area contributed by atoms with Crippen LogP contribution in [0, 0.1) is 15.5 Å². The number of nitrogens with one attached hydrogen (secondary N) is 2. The first-order chi connectivity index (χ1) is 10.5. The maximum atomic E-state index is 12.6. The van der Waals surface area contributed by atoms with E-state index in [4.69, 9.17) is 0 Å². The van der Waals surface area contributed by atoms with Crippen LogP contribution in [0.5, 0.6) is 0 Å². The van der Waals surface area contributed by atoms with Crippen LogP contribution in [-0.2, 0) is 0 Å². The molecule has 1 amide bonds. The number of carbonyl (C=O) groups excluding carboxylic acids is 1. The van der Waals surface area contributed by atoms with Crippen LogP contribution in [-0.4, -0.2) is 21.4 Å². The van der Waals surface area contributed by atoms with Crippen molar-refractivity contribution in [3.05, 3.63) is 40.1 Å². The topological polar surface area (TPSA) is 88.0 Å². The van der Waals surface area contributed by atoms with Crippen molar-refractivity contribution in [2.24, 2.45) is 5.41 Å². The van der Waals surface area contributed by atoms with Crippen molar-refractivity contribution in [2.75, 3.05) is 0 Å². The fraction of sp³-hybridized carbons (Fsp3) is 0.471. The maximum absolute atomic E-state index is 12.6. The number of nitro benzene ring substituents is 1. The van der Waals surface area contributed by atoms with Crippen LogP contribution in [0.1, 0.15) is 51.4 Å². The molecule has 1 aromatic carbocycles. The van der Waals surface area contributed by atoms with Crippen molar-refractivity contribution < 1.29 is 9.72 Å². The molecule has 2 aromatic rings. The Morgan fingerprint density at radius 3 is 2.48 bits per heavy atom. The number of fused-ring (bicyclic) bond motifs is 1. The number of benzene rings is 1. The number of carbonyl (C=O) groups is 1. The van der Waals surface area contributed by atoms with E-state index in [1.807, 2.05) is 13.8 Å². The number of rotatable bonds is 4. The summed E-state index contributed by atoms with van der Waals surface area (Å²) in [5.74, 6) is -0.231. The molecule has 0 aliphatic heterocycles. The van der Waals surface area contributed by atoms with Gasteiger partial charge in [-0.1, -0.05) is 20.8 Å². The quantitative estimate of drug-likeness (QED) is 0.659. The molecule has 0 atom stereocenters. The summed E-state index contributed by atoms with van der Waals surface area (Å²) < 4.78 is 0. The summed E-state index contributed by atoms with van der Waals surface area (Å²) in [4.78, 5) is 26.1. The van der Waals surface area contributed by atoms with Crippen molar-refractivity contribution in [3.63, 3.8) is 0 Å². The number of hydrogen-bond donors (Lipinski definition) is 2. The summed E-state index contributed by atoms with van der Waals surface area (Å²) in [5.41, 5.74) is 0.801. The zero-order valence-electron chi connectivity index (χ0n) is 14.2. The molecular weight excluding hydrogens is 294 g/mol. The van der Waals surface area contributed by atoms with Crippen molar-refractivity contribution in [1.29, 1.82) is 0 Å². The fourth-order valence-electron chi connectivity index (χ4n) is 3.15. The number of nitrogens with zero attached hydrogens (tertiary/aromatic N) is 1. The van der Waals surface area contributed by atoms with E-state index in [-0.39, 0.29) is 22.5 Å². The summed E-state index contributed by atoms with van der Waals surface area (Å²) >= 11 is 0. The van der Waals surface area contributed by atoms with Gasteiger partial charge in [-0.05, 0) is 31.7 Å². The van der Waals surface area contributed by atoms with E-state index >= 15 is 0 Å². The molecule has 0 unspecified atom stereocenters. The van der Waals surface area contributed by atoms with Gasteiger partial charge in [0.1, 0.15) is 0 Å². The third-order valence-corrected chi connectivity index (χ3v) is 3.54. The number of aromatic amines is 1. The average Bonchev–Trinajstić information content (AvgIpc) is 2.77. The number of non-ortho nitro benzene ring substituents is 1. The number of nitro groups is 1. The average molecular weight is 317 g/mol. The van der Waals surface area contributed by atoms with E-state index in [1.165, 1.54) is 12.1 Å². The Labute approximate surface area is 135 Å². The van der Waals surface area contributed by atoms with Crippen molar-refractivity contribution >= 4 is 22.5 Å². The van der Waals surface area contributed by atoms with E-state index < -0.39 is 4.92 Å². The lowest BCUT2D eigenvalue weighted by molar-refractivity contribution is -0.384. The number of aromatic nitrogens is 1. The van der Waals surface area contributed by atoms with Gasteiger partial charge in [-0.3, -0.25) is 14.9 Å². The molecule has 1 heterocycles. The second-order valence-corrected chi connectivity index (χ2v) is 7.76. The molecule has 2 N–H and O–H groups in total. The second-order valence-electron chi connectivity index (χ2n) is 7.76. The maximum Gasteiger partial charge on any atom is 0.270 e. The lowest BCUT2D eigenvalue weighted by atomic mass is 9.81. The van der Waals surface area contributed by atoms with Gasteiger partial charge in [0, 0.05) is 34.8 Å². The molecule has 1 aromatic heterocycles. The first-order valence-corrected chi connectivity index (χ1v) is 7.57. The molecule has 0 radical (unpaired) electrons. The molecule has 0 saturated heterocycles. The first kappa shape index (κ1) is 17.0. The molecule has 0 fully saturated rings. The van der Waals surface area contributed by atoms with Gasteiger partial charge in [-0.15, -0.1) is 0 Å². The van der Waals surface area contributed by atoms with Gasteiger partial charge in [0.05, 0.1) is 10.5 Å². The van der Waals surface area contributed by atoms with Crippen LogP contribution in [0.15, 0.2) is 24.4 Å². The molecule has 6 nitrogen and oxygen atoms in total. The second kappa shape index (κ2) is 5.68. The van der Waals surface area contributed by atoms with E-state index in [9.17, 15) is 14.9 Å². The molecule has 0 spiro atoms. The largest absolute Gasteiger partial charge is 0.360 e. The third-order valence-electron chi connectivity index (χ3n) is 3.54. The minimum absolute atomic E-state index is 0.0277. The molecule has 23 heavy (non-hydrogen) atoms. The Balaban J connectivity index is 2.31. The monoisotopic (exact) mass is 317 g/mol. The predicted molar refractivity (Wildman–Crippen MR) is 90.6 cm³/mol. The van der Waals surface area contributed by atoms with Crippen molar-refractivity contribution in [2.45, 2.75) is 46.6 Å². The molecule has 0 saturated carbocycles. The summed E-state index contributed by atoms with van der Waals surface area (Å²) in [6, 6.07) is 4.46. The third kappa shape index (κ3) is 4.09. The molecule has 0 aliphatic rings. The number of H-pyrrole nitrogens is 1. The highest BCUT2D eigenvalue weighted by Crippen LogP contribution is 2.28. The predicted octanol–water partition coefficient (Wildman–Crippen LogP) is 4.02. The van der Waals surface area contributed by atoms with Crippen LogP contribution in [0.3, 0.4) is 0 Å². The number of amides is 1. The van der Waals surface area contributed by atoms with Crippen LogP contribution in [0.2, 0.25) is 0 Å². The minimum atomic E-state index is -0.461. The summed E-state index contributed by atoms with van der Waals surface area (Å²) in [5, 5.41) is 14.5. The molecule has 0 aliphatic carbocycles. The standard InChI is InChI=1S/C17H23N3O3/c1-16(2,3)10-17(4,5)19-15(21)13-9-18-14-7-6-11(20(22)23)8-12(13)14/h6-9,18H,10H2,1-5H3,(H,19,21). The molecule has 0 bridgehead atoms. The van der Waals surface area contributed by atoms with E-state index in [2.05, 4.69) is 31.1 Å². The van der Waals surface area contributed by atoms with Gasteiger partial charge in [-0.25, -0.2) is 0 Å². The van der Waals surface area contributed by atoms with Crippen molar-refractivity contribution in [3.8, 4) is 0 Å². The Kier molecular flexibility index (Phi) is 4.20. The van der Waals surface area contributed by atoms with E-state index in [0.717, 1.165) is 6.42 Å². The summed E-state index contributed by atoms with van der Waals surface area (Å²) in [6.45, 7) is 10.3. The smallest absolute Gasteiger partial charge is 0.270 e. The normalized spacial score (nSPS) is 12.4. The van der Waals surface area contributed by atoms with Crippen LogP contribution >= 0.6 is 0 Å². The lowest BCUT2D eigenvalue weighted by Crippen LogP contribution is -2.45. The van der Waals surface area contributed by atoms with Gasteiger partial charge in [0.25, 0.3) is 11.6 Å². The molecule has 6 heteroatoms. The number of hydrogen-bond acceptors (Lipinski definition) is 3. The zero-order chi connectivity index (χ0) is 17.4. The molecular formula is C17H23N3O3. The Morgan fingerprint density at radius 2 is 1.91 bits per heavy atom. The SMILES string of the molecule is CC(C)(C)CC(C)(C)NC(=O)c1c[nH]c2ccc([N+](=O)[O-])cc12. The molecule has 124 valence electrons. The first-order valence-electron chi connectivity index (χ1n) is 7.57. The Bertz CT molecular complexity index is 754. The highest BCUT2D eigenvalue weighted by atomic mass is 16.6. The van der Waals surface area contributed by atoms with Crippen LogP contribution < -0.4 is 5.32 Å². The van der Waals surface area contributed by atoms with Gasteiger partial charge in [0.15, 0.2) is 0 Å².